The lowest BCUT2D eigenvalue weighted by atomic mass is 9.99. The van der Waals surface area contributed by atoms with E-state index in [1.165, 1.54) is 5.56 Å². The zero-order valence-electron chi connectivity index (χ0n) is 18.1. The van der Waals surface area contributed by atoms with E-state index in [9.17, 15) is 9.59 Å². The van der Waals surface area contributed by atoms with Crippen molar-refractivity contribution >= 4 is 28.7 Å². The highest BCUT2D eigenvalue weighted by molar-refractivity contribution is 5.97. The van der Waals surface area contributed by atoms with Gasteiger partial charge in [0.15, 0.2) is 5.65 Å². The maximum absolute atomic E-state index is 12.9. The molecule has 9 heteroatoms. The fourth-order valence-electron chi connectivity index (χ4n) is 3.73. The summed E-state index contributed by atoms with van der Waals surface area (Å²) in [6, 6.07) is 6.88. The number of carbonyl (C=O) groups is 2. The number of hydrogen-bond donors (Lipinski definition) is 2. The second-order valence-corrected chi connectivity index (χ2v) is 8.11. The van der Waals surface area contributed by atoms with Crippen molar-refractivity contribution in [2.24, 2.45) is 0 Å². The number of benzene rings is 1. The van der Waals surface area contributed by atoms with Crippen LogP contribution in [0.2, 0.25) is 0 Å². The van der Waals surface area contributed by atoms with Crippen LogP contribution < -0.4 is 5.32 Å². The van der Waals surface area contributed by atoms with Crippen molar-refractivity contribution in [2.75, 3.05) is 46.1 Å². The fraction of sp³-hybridized carbons (Fsp3) is 0.364. The number of nitrogens with zero attached hydrogens (tertiary/aromatic N) is 5. The van der Waals surface area contributed by atoms with Crippen LogP contribution in [0.25, 0.3) is 11.0 Å². The zero-order chi connectivity index (χ0) is 22.0. The van der Waals surface area contributed by atoms with Gasteiger partial charge >= 0.3 is 6.03 Å². The van der Waals surface area contributed by atoms with Crippen LogP contribution in [0.15, 0.2) is 36.7 Å². The van der Waals surface area contributed by atoms with Crippen LogP contribution >= 0.6 is 0 Å². The molecular weight excluding hydrogens is 394 g/mol. The lowest BCUT2D eigenvalue weighted by molar-refractivity contribution is 0.0786. The van der Waals surface area contributed by atoms with E-state index in [2.05, 4.69) is 20.5 Å². The molecule has 1 aromatic carbocycles. The summed E-state index contributed by atoms with van der Waals surface area (Å²) in [4.78, 5) is 35.4. The SMILES string of the molecule is CN(C)CCN(C)C(=O)c1cccc(NC(=O)N2CCc3c(cnc4[nH]ncc34)C2)c1. The standard InChI is InChI=1S/C22H27N7O2/c1-27(2)9-10-28(3)21(30)15-5-4-6-17(11-15)25-22(31)29-8-7-18-16(14-29)12-23-20-19(18)13-24-26-20/h4-6,11-13H,7-10,14H2,1-3H3,(H,25,31)(H,23,24,26). The Bertz CT molecular complexity index is 1110. The summed E-state index contributed by atoms with van der Waals surface area (Å²) >= 11 is 0. The van der Waals surface area contributed by atoms with Gasteiger partial charge in [0.05, 0.1) is 6.20 Å². The van der Waals surface area contributed by atoms with E-state index in [-0.39, 0.29) is 11.9 Å². The summed E-state index contributed by atoms with van der Waals surface area (Å²) in [5.74, 6) is -0.0694. The second kappa shape index (κ2) is 8.73. The number of rotatable bonds is 5. The quantitative estimate of drug-likeness (QED) is 0.658. The van der Waals surface area contributed by atoms with Gasteiger partial charge in [-0.2, -0.15) is 5.10 Å². The smallest absolute Gasteiger partial charge is 0.322 e. The summed E-state index contributed by atoms with van der Waals surface area (Å²) in [6.45, 7) is 2.51. The third kappa shape index (κ3) is 4.51. The summed E-state index contributed by atoms with van der Waals surface area (Å²) in [7, 11) is 5.73. The number of fused-ring (bicyclic) bond motifs is 3. The molecule has 0 saturated heterocycles. The van der Waals surface area contributed by atoms with E-state index >= 15 is 0 Å². The van der Waals surface area contributed by atoms with Crippen LogP contribution in [-0.2, 0) is 13.0 Å². The van der Waals surface area contributed by atoms with Crippen LogP contribution in [0.1, 0.15) is 21.5 Å². The molecule has 3 heterocycles. The maximum Gasteiger partial charge on any atom is 0.322 e. The number of H-pyrrole nitrogens is 1. The Morgan fingerprint density at radius 3 is 2.84 bits per heavy atom. The number of anilines is 1. The Hall–Kier alpha value is -3.46. The number of likely N-dealkylation sites (N-methyl/N-ethyl adjacent to an activating group) is 2. The van der Waals surface area contributed by atoms with E-state index in [0.29, 0.717) is 30.9 Å². The molecule has 0 unspecified atom stereocenters. The van der Waals surface area contributed by atoms with Gasteiger partial charge in [-0.3, -0.25) is 9.89 Å². The highest BCUT2D eigenvalue weighted by Gasteiger charge is 2.23. The normalized spacial score (nSPS) is 13.4. The van der Waals surface area contributed by atoms with Crippen molar-refractivity contribution in [2.45, 2.75) is 13.0 Å². The van der Waals surface area contributed by atoms with Crippen LogP contribution in [0.5, 0.6) is 0 Å². The molecule has 0 spiro atoms. The topological polar surface area (TPSA) is 97.5 Å². The molecule has 3 amide bonds. The van der Waals surface area contributed by atoms with Crippen LogP contribution in [0.3, 0.4) is 0 Å². The Balaban J connectivity index is 1.42. The minimum atomic E-state index is -0.191. The van der Waals surface area contributed by atoms with Gasteiger partial charge in [-0.25, -0.2) is 9.78 Å². The highest BCUT2D eigenvalue weighted by Crippen LogP contribution is 2.25. The van der Waals surface area contributed by atoms with E-state index in [1.54, 1.807) is 53.5 Å². The summed E-state index contributed by atoms with van der Waals surface area (Å²) in [5.41, 5.74) is 4.15. The zero-order valence-corrected chi connectivity index (χ0v) is 18.1. The van der Waals surface area contributed by atoms with Gasteiger partial charge in [-0.15, -0.1) is 0 Å². The molecule has 0 bridgehead atoms. The van der Waals surface area contributed by atoms with Crippen LogP contribution in [0, 0.1) is 0 Å². The third-order valence-electron chi connectivity index (χ3n) is 5.55. The first-order valence-electron chi connectivity index (χ1n) is 10.3. The van der Waals surface area contributed by atoms with Gasteiger partial charge in [0, 0.05) is 56.1 Å². The number of urea groups is 1. The predicted molar refractivity (Wildman–Crippen MR) is 119 cm³/mol. The highest BCUT2D eigenvalue weighted by atomic mass is 16.2. The average Bonchev–Trinajstić information content (AvgIpc) is 3.26. The minimum Gasteiger partial charge on any atom is -0.340 e. The summed E-state index contributed by atoms with van der Waals surface area (Å²) in [5, 5.41) is 10.9. The van der Waals surface area contributed by atoms with Crippen LogP contribution in [0.4, 0.5) is 10.5 Å². The Labute approximate surface area is 181 Å². The molecule has 2 N–H and O–H groups in total. The Morgan fingerprint density at radius 2 is 2.03 bits per heavy atom. The van der Waals surface area contributed by atoms with Crippen molar-refractivity contribution in [1.29, 1.82) is 0 Å². The van der Waals surface area contributed by atoms with Crippen molar-refractivity contribution in [3.8, 4) is 0 Å². The monoisotopic (exact) mass is 421 g/mol. The predicted octanol–water partition coefficient (Wildman–Crippen LogP) is 2.18. The number of aromatic amines is 1. The Morgan fingerprint density at radius 1 is 1.19 bits per heavy atom. The molecule has 0 radical (unpaired) electrons. The molecular formula is C22H27N7O2. The average molecular weight is 422 g/mol. The fourth-order valence-corrected chi connectivity index (χ4v) is 3.73. The van der Waals surface area contributed by atoms with Gasteiger partial charge in [0.25, 0.3) is 5.91 Å². The summed E-state index contributed by atoms with van der Waals surface area (Å²) in [6.07, 6.45) is 4.34. The molecule has 2 aromatic heterocycles. The van der Waals surface area contributed by atoms with E-state index in [1.807, 2.05) is 19.0 Å². The lowest BCUT2D eigenvalue weighted by Gasteiger charge is -2.29. The summed E-state index contributed by atoms with van der Waals surface area (Å²) < 4.78 is 0. The van der Waals surface area contributed by atoms with Crippen molar-refractivity contribution in [1.82, 2.24) is 29.9 Å². The maximum atomic E-state index is 12.9. The van der Waals surface area contributed by atoms with E-state index in [0.717, 1.165) is 29.6 Å². The molecule has 0 saturated carbocycles. The molecule has 0 aliphatic carbocycles. The van der Waals surface area contributed by atoms with Crippen molar-refractivity contribution < 1.29 is 9.59 Å². The first kappa shape index (κ1) is 20.8. The molecule has 9 nitrogen and oxygen atoms in total. The number of hydrogen-bond acceptors (Lipinski definition) is 5. The number of aromatic nitrogens is 3. The largest absolute Gasteiger partial charge is 0.340 e. The molecule has 1 aliphatic rings. The van der Waals surface area contributed by atoms with Crippen molar-refractivity contribution in [3.63, 3.8) is 0 Å². The molecule has 0 fully saturated rings. The molecule has 0 atom stereocenters. The molecule has 31 heavy (non-hydrogen) atoms. The van der Waals surface area contributed by atoms with Gasteiger partial charge in [-0.05, 0) is 49.8 Å². The molecule has 4 rings (SSSR count). The van der Waals surface area contributed by atoms with Crippen molar-refractivity contribution in [3.05, 3.63) is 53.3 Å². The number of pyridine rings is 1. The number of nitrogens with one attached hydrogen (secondary N) is 2. The third-order valence-corrected chi connectivity index (χ3v) is 5.55. The minimum absolute atomic E-state index is 0.0694. The van der Waals surface area contributed by atoms with E-state index < -0.39 is 0 Å². The molecule has 162 valence electrons. The van der Waals surface area contributed by atoms with Gasteiger partial charge < -0.3 is 20.0 Å². The van der Waals surface area contributed by atoms with E-state index in [4.69, 9.17) is 0 Å². The Kier molecular flexibility index (Phi) is 5.85. The molecule has 1 aliphatic heterocycles. The molecule has 3 aromatic rings. The first-order chi connectivity index (χ1) is 14.9. The van der Waals surface area contributed by atoms with Crippen LogP contribution in [-0.4, -0.2) is 82.6 Å². The van der Waals surface area contributed by atoms with Gasteiger partial charge in [0.1, 0.15) is 0 Å². The van der Waals surface area contributed by atoms with Gasteiger partial charge in [0.2, 0.25) is 0 Å². The first-order valence-corrected chi connectivity index (χ1v) is 10.3. The second-order valence-electron chi connectivity index (χ2n) is 8.11. The van der Waals surface area contributed by atoms with Gasteiger partial charge in [-0.1, -0.05) is 6.07 Å². The number of carbonyl (C=O) groups excluding carboxylic acids is 2. The number of amides is 3. The lowest BCUT2D eigenvalue weighted by Crippen LogP contribution is -2.39.